The lowest BCUT2D eigenvalue weighted by atomic mass is 9.99. The molecule has 2 rings (SSSR count). The summed E-state index contributed by atoms with van der Waals surface area (Å²) < 4.78 is 0. The molecule has 0 aliphatic heterocycles. The number of nitrogens with two attached hydrogens (primary N) is 1. The molecule has 1 aliphatic carbocycles. The van der Waals surface area contributed by atoms with Crippen molar-refractivity contribution < 1.29 is 5.11 Å². The second-order valence-corrected chi connectivity index (χ2v) is 6.13. The van der Waals surface area contributed by atoms with E-state index in [1.54, 1.807) is 0 Å². The second-order valence-electron chi connectivity index (χ2n) is 5.15. The zero-order valence-corrected chi connectivity index (χ0v) is 11.2. The maximum absolute atomic E-state index is 9.40. The van der Waals surface area contributed by atoms with Crippen molar-refractivity contribution in [3.63, 3.8) is 0 Å². The van der Waals surface area contributed by atoms with Gasteiger partial charge in [0, 0.05) is 11.5 Å². The highest BCUT2D eigenvalue weighted by molar-refractivity contribution is 7.98. The van der Waals surface area contributed by atoms with Crippen LogP contribution in [0.3, 0.4) is 0 Å². The number of aliphatic hydroxyl groups excluding tert-OH is 1. The largest absolute Gasteiger partial charge is 0.394 e. The van der Waals surface area contributed by atoms with Crippen molar-refractivity contribution in [3.8, 4) is 0 Å². The van der Waals surface area contributed by atoms with Gasteiger partial charge in [-0.2, -0.15) is 11.8 Å². The number of hydrogen-bond donors (Lipinski definition) is 2. The van der Waals surface area contributed by atoms with Gasteiger partial charge in [-0.05, 0) is 31.2 Å². The standard InChI is InChI=1S/C14H21NOS/c1-11-3-2-4-12(7-11)8-17-10-14(15,9-16)13-5-6-13/h2-4,7,13,16H,5-6,8-10,15H2,1H3. The van der Waals surface area contributed by atoms with E-state index in [4.69, 9.17) is 5.73 Å². The average Bonchev–Trinajstić information content (AvgIpc) is 3.13. The molecule has 0 amide bonds. The van der Waals surface area contributed by atoms with Crippen LogP contribution in [0.5, 0.6) is 0 Å². The first kappa shape index (κ1) is 12.9. The molecule has 3 heteroatoms. The highest BCUT2D eigenvalue weighted by Gasteiger charge is 2.41. The van der Waals surface area contributed by atoms with Gasteiger partial charge < -0.3 is 10.8 Å². The summed E-state index contributed by atoms with van der Waals surface area (Å²) in [4.78, 5) is 0. The molecule has 0 heterocycles. The van der Waals surface area contributed by atoms with Gasteiger partial charge in [0.1, 0.15) is 0 Å². The topological polar surface area (TPSA) is 46.2 Å². The first-order chi connectivity index (χ1) is 8.14. The van der Waals surface area contributed by atoms with Crippen LogP contribution in [0.4, 0.5) is 0 Å². The second kappa shape index (κ2) is 5.42. The Morgan fingerprint density at radius 2 is 2.24 bits per heavy atom. The SMILES string of the molecule is Cc1cccc(CSCC(N)(CO)C2CC2)c1. The van der Waals surface area contributed by atoms with E-state index >= 15 is 0 Å². The van der Waals surface area contributed by atoms with Gasteiger partial charge in [0.15, 0.2) is 0 Å². The van der Waals surface area contributed by atoms with Crippen LogP contribution < -0.4 is 5.73 Å². The molecule has 1 atom stereocenters. The number of aliphatic hydroxyl groups is 1. The monoisotopic (exact) mass is 251 g/mol. The van der Waals surface area contributed by atoms with Crippen molar-refractivity contribution in [2.75, 3.05) is 12.4 Å². The predicted molar refractivity (Wildman–Crippen MR) is 74.1 cm³/mol. The van der Waals surface area contributed by atoms with Crippen LogP contribution in [-0.4, -0.2) is 23.0 Å². The minimum atomic E-state index is -0.353. The van der Waals surface area contributed by atoms with E-state index in [0.717, 1.165) is 11.5 Å². The average molecular weight is 251 g/mol. The lowest BCUT2D eigenvalue weighted by Gasteiger charge is -2.26. The molecule has 1 aliphatic rings. The molecule has 2 nitrogen and oxygen atoms in total. The van der Waals surface area contributed by atoms with Gasteiger partial charge in [-0.15, -0.1) is 0 Å². The van der Waals surface area contributed by atoms with Crippen molar-refractivity contribution in [1.82, 2.24) is 0 Å². The Kier molecular flexibility index (Phi) is 4.13. The molecular weight excluding hydrogens is 230 g/mol. The van der Waals surface area contributed by atoms with E-state index in [1.807, 2.05) is 11.8 Å². The summed E-state index contributed by atoms with van der Waals surface area (Å²) >= 11 is 1.83. The zero-order valence-electron chi connectivity index (χ0n) is 10.4. The number of thioether (sulfide) groups is 1. The first-order valence-electron chi connectivity index (χ1n) is 6.17. The molecular formula is C14H21NOS. The quantitative estimate of drug-likeness (QED) is 0.815. The normalized spacial score (nSPS) is 19.0. The molecule has 0 aromatic heterocycles. The van der Waals surface area contributed by atoms with Gasteiger partial charge in [0.2, 0.25) is 0 Å². The van der Waals surface area contributed by atoms with Crippen LogP contribution in [0.25, 0.3) is 0 Å². The molecule has 0 saturated heterocycles. The first-order valence-corrected chi connectivity index (χ1v) is 7.32. The summed E-state index contributed by atoms with van der Waals surface area (Å²) in [6, 6.07) is 8.56. The van der Waals surface area contributed by atoms with E-state index in [2.05, 4.69) is 31.2 Å². The third-order valence-electron chi connectivity index (χ3n) is 3.41. The Morgan fingerprint density at radius 1 is 1.47 bits per heavy atom. The number of aryl methyl sites for hydroxylation is 1. The van der Waals surface area contributed by atoms with Crippen molar-refractivity contribution in [3.05, 3.63) is 35.4 Å². The Balaban J connectivity index is 1.82. The van der Waals surface area contributed by atoms with Crippen LogP contribution >= 0.6 is 11.8 Å². The minimum Gasteiger partial charge on any atom is -0.394 e. The fourth-order valence-electron chi connectivity index (χ4n) is 2.11. The zero-order chi connectivity index (χ0) is 12.3. The molecule has 0 radical (unpaired) electrons. The summed E-state index contributed by atoms with van der Waals surface area (Å²) in [6.07, 6.45) is 2.37. The number of benzene rings is 1. The van der Waals surface area contributed by atoms with Gasteiger partial charge in [-0.25, -0.2) is 0 Å². The molecule has 1 aromatic rings. The van der Waals surface area contributed by atoms with E-state index in [1.165, 1.54) is 24.0 Å². The molecule has 94 valence electrons. The van der Waals surface area contributed by atoms with Crippen molar-refractivity contribution in [2.45, 2.75) is 31.1 Å². The fraction of sp³-hybridized carbons (Fsp3) is 0.571. The molecule has 1 fully saturated rings. The van der Waals surface area contributed by atoms with Crippen LogP contribution in [0.1, 0.15) is 24.0 Å². The van der Waals surface area contributed by atoms with Crippen LogP contribution in [0, 0.1) is 12.8 Å². The highest BCUT2D eigenvalue weighted by Crippen LogP contribution is 2.39. The van der Waals surface area contributed by atoms with E-state index in [-0.39, 0.29) is 12.1 Å². The van der Waals surface area contributed by atoms with Crippen LogP contribution in [0.2, 0.25) is 0 Å². The summed E-state index contributed by atoms with van der Waals surface area (Å²) in [7, 11) is 0. The third-order valence-corrected chi connectivity index (χ3v) is 4.69. The van der Waals surface area contributed by atoms with E-state index in [9.17, 15) is 5.11 Å². The molecule has 0 spiro atoms. The van der Waals surface area contributed by atoms with Crippen LogP contribution in [0.15, 0.2) is 24.3 Å². The third kappa shape index (κ3) is 3.47. The Hall–Kier alpha value is -0.510. The van der Waals surface area contributed by atoms with Gasteiger partial charge in [-0.3, -0.25) is 0 Å². The summed E-state index contributed by atoms with van der Waals surface area (Å²) in [5.41, 5.74) is 8.51. The number of rotatable bonds is 6. The van der Waals surface area contributed by atoms with Crippen molar-refractivity contribution >= 4 is 11.8 Å². The molecule has 1 saturated carbocycles. The van der Waals surface area contributed by atoms with Gasteiger partial charge >= 0.3 is 0 Å². The van der Waals surface area contributed by atoms with Crippen molar-refractivity contribution in [2.24, 2.45) is 11.7 Å². The van der Waals surface area contributed by atoms with Crippen molar-refractivity contribution in [1.29, 1.82) is 0 Å². The maximum atomic E-state index is 9.40. The van der Waals surface area contributed by atoms with E-state index < -0.39 is 0 Å². The summed E-state index contributed by atoms with van der Waals surface area (Å²) in [6.45, 7) is 2.22. The number of hydrogen-bond acceptors (Lipinski definition) is 3. The lowest BCUT2D eigenvalue weighted by molar-refractivity contribution is 0.194. The van der Waals surface area contributed by atoms with Crippen LogP contribution in [-0.2, 0) is 5.75 Å². The molecule has 0 bridgehead atoms. The summed E-state index contributed by atoms with van der Waals surface area (Å²) in [5, 5.41) is 9.40. The summed E-state index contributed by atoms with van der Waals surface area (Å²) in [5.74, 6) is 2.37. The molecule has 1 unspecified atom stereocenters. The predicted octanol–water partition coefficient (Wildman–Crippen LogP) is 2.33. The Morgan fingerprint density at radius 3 is 2.82 bits per heavy atom. The maximum Gasteiger partial charge on any atom is 0.0622 e. The lowest BCUT2D eigenvalue weighted by Crippen LogP contribution is -2.48. The molecule has 3 N–H and O–H groups in total. The fourth-order valence-corrected chi connectivity index (χ4v) is 3.34. The molecule has 1 aromatic carbocycles. The van der Waals surface area contributed by atoms with E-state index in [0.29, 0.717) is 5.92 Å². The Labute approximate surface area is 108 Å². The molecule has 17 heavy (non-hydrogen) atoms. The Bertz CT molecular complexity index is 378. The van der Waals surface area contributed by atoms with Gasteiger partial charge in [0.05, 0.1) is 12.1 Å². The smallest absolute Gasteiger partial charge is 0.0622 e. The highest BCUT2D eigenvalue weighted by atomic mass is 32.2. The van der Waals surface area contributed by atoms with Gasteiger partial charge in [0.25, 0.3) is 0 Å². The van der Waals surface area contributed by atoms with Gasteiger partial charge in [-0.1, -0.05) is 29.8 Å². The minimum absolute atomic E-state index is 0.110.